The van der Waals surface area contributed by atoms with Gasteiger partial charge in [-0.2, -0.15) is 0 Å². The van der Waals surface area contributed by atoms with E-state index in [1.165, 1.54) is 0 Å². The van der Waals surface area contributed by atoms with Crippen LogP contribution in [0.3, 0.4) is 0 Å². The largest absolute Gasteiger partial charge is 0.368 e. The summed E-state index contributed by atoms with van der Waals surface area (Å²) in [5, 5.41) is 9.15. The third kappa shape index (κ3) is 0.528. The lowest BCUT2D eigenvalue weighted by Gasteiger charge is -2.11. The summed E-state index contributed by atoms with van der Waals surface area (Å²) < 4.78 is 5.01. The fraction of sp³-hybridized carbons (Fsp3) is 1.00. The maximum atomic E-state index is 9.15. The van der Waals surface area contributed by atoms with Crippen LogP contribution < -0.4 is 0 Å². The third-order valence-corrected chi connectivity index (χ3v) is 2.89. The predicted octanol–water partition coefficient (Wildman–Crippen LogP) is 0.607. The molecule has 0 spiro atoms. The maximum Gasteiger partial charge on any atom is 0.158 e. The molecule has 9 heavy (non-hydrogen) atoms. The van der Waals surface area contributed by atoms with Crippen molar-refractivity contribution in [2.45, 2.75) is 20.1 Å². The number of rotatable bonds is 0. The second-order valence-corrected chi connectivity index (χ2v) is 3.68. The summed E-state index contributed by atoms with van der Waals surface area (Å²) in [5.41, 5.74) is 0.359. The van der Waals surface area contributed by atoms with Gasteiger partial charge >= 0.3 is 0 Å². The predicted molar refractivity (Wildman–Crippen MR) is 32.7 cm³/mol. The van der Waals surface area contributed by atoms with Crippen molar-refractivity contribution in [1.29, 1.82) is 0 Å². The number of ether oxygens (including phenoxy) is 1. The minimum absolute atomic E-state index is 0.359. The van der Waals surface area contributed by atoms with Crippen molar-refractivity contribution in [2.24, 2.45) is 17.3 Å². The quantitative estimate of drug-likeness (QED) is 0.518. The van der Waals surface area contributed by atoms with Crippen LogP contribution in [0.2, 0.25) is 0 Å². The Morgan fingerprint density at radius 1 is 1.56 bits per heavy atom. The average molecular weight is 128 g/mol. The van der Waals surface area contributed by atoms with E-state index in [-0.39, 0.29) is 0 Å². The highest BCUT2D eigenvalue weighted by Crippen LogP contribution is 2.63. The first-order valence-corrected chi connectivity index (χ1v) is 3.43. The Morgan fingerprint density at radius 2 is 2.22 bits per heavy atom. The fourth-order valence-electron chi connectivity index (χ4n) is 1.98. The highest BCUT2D eigenvalue weighted by Gasteiger charge is 2.65. The van der Waals surface area contributed by atoms with Crippen LogP contribution >= 0.6 is 0 Å². The summed E-state index contributed by atoms with van der Waals surface area (Å²) in [7, 11) is 0. The smallest absolute Gasteiger partial charge is 0.158 e. The number of hydrogen-bond donors (Lipinski definition) is 1. The standard InChI is InChI=1S/C7H12O2/c1-7(2)4-3-9-6(8)5(4)7/h4-6,8H,3H2,1-2H3/t4-,5-,6-/m0/s1. The van der Waals surface area contributed by atoms with Gasteiger partial charge in [-0.3, -0.25) is 0 Å². The molecule has 0 aromatic heterocycles. The first-order chi connectivity index (χ1) is 4.14. The summed E-state index contributed by atoms with van der Waals surface area (Å²) in [5.74, 6) is 1.06. The van der Waals surface area contributed by atoms with Crippen LogP contribution in [0.5, 0.6) is 0 Å². The molecule has 0 aromatic carbocycles. The molecule has 0 radical (unpaired) electrons. The summed E-state index contributed by atoms with van der Waals surface area (Å²) >= 11 is 0. The number of aliphatic hydroxyl groups excluding tert-OH is 1. The molecule has 1 saturated carbocycles. The summed E-state index contributed by atoms with van der Waals surface area (Å²) in [6, 6.07) is 0. The van der Waals surface area contributed by atoms with Crippen LogP contribution in [-0.2, 0) is 4.74 Å². The lowest BCUT2D eigenvalue weighted by molar-refractivity contribution is -0.0960. The molecule has 0 aromatic rings. The molecule has 0 unspecified atom stereocenters. The number of fused-ring (bicyclic) bond motifs is 1. The molecule has 1 aliphatic carbocycles. The third-order valence-electron chi connectivity index (χ3n) is 2.89. The van der Waals surface area contributed by atoms with Crippen LogP contribution in [0.15, 0.2) is 0 Å². The lowest BCUT2D eigenvalue weighted by Crippen LogP contribution is -2.15. The molecule has 1 aliphatic heterocycles. The minimum atomic E-state index is -0.468. The van der Waals surface area contributed by atoms with Gasteiger partial charge < -0.3 is 9.84 Å². The zero-order valence-corrected chi connectivity index (χ0v) is 5.79. The summed E-state index contributed by atoms with van der Waals surface area (Å²) in [4.78, 5) is 0. The molecule has 2 nitrogen and oxygen atoms in total. The Balaban J connectivity index is 2.14. The van der Waals surface area contributed by atoms with Crippen molar-refractivity contribution in [2.75, 3.05) is 6.61 Å². The maximum absolute atomic E-state index is 9.15. The van der Waals surface area contributed by atoms with E-state index in [4.69, 9.17) is 9.84 Å². The first-order valence-electron chi connectivity index (χ1n) is 3.43. The Morgan fingerprint density at radius 3 is 2.44 bits per heavy atom. The monoisotopic (exact) mass is 128 g/mol. The molecule has 2 rings (SSSR count). The molecule has 1 N–H and O–H groups in total. The fourth-order valence-corrected chi connectivity index (χ4v) is 1.98. The average Bonchev–Trinajstić information content (AvgIpc) is 2.19. The van der Waals surface area contributed by atoms with Crippen LogP contribution in [0.4, 0.5) is 0 Å². The van der Waals surface area contributed by atoms with Crippen molar-refractivity contribution in [1.82, 2.24) is 0 Å². The zero-order valence-electron chi connectivity index (χ0n) is 5.79. The molecular formula is C7H12O2. The second-order valence-electron chi connectivity index (χ2n) is 3.68. The van der Waals surface area contributed by atoms with Crippen molar-refractivity contribution < 1.29 is 9.84 Å². The number of hydrogen-bond acceptors (Lipinski definition) is 2. The first kappa shape index (κ1) is 5.69. The van der Waals surface area contributed by atoms with Gasteiger partial charge in [-0.25, -0.2) is 0 Å². The molecule has 0 amide bonds. The highest BCUT2D eigenvalue weighted by atomic mass is 16.6. The van der Waals surface area contributed by atoms with Gasteiger partial charge in [0.15, 0.2) is 6.29 Å². The molecular weight excluding hydrogens is 116 g/mol. The van der Waals surface area contributed by atoms with Crippen molar-refractivity contribution in [3.05, 3.63) is 0 Å². The van der Waals surface area contributed by atoms with E-state index < -0.39 is 6.29 Å². The van der Waals surface area contributed by atoms with Gasteiger partial charge in [0, 0.05) is 5.92 Å². The van der Waals surface area contributed by atoms with Gasteiger partial charge in [-0.15, -0.1) is 0 Å². The van der Waals surface area contributed by atoms with E-state index in [0.717, 1.165) is 6.61 Å². The van der Waals surface area contributed by atoms with Gasteiger partial charge in [-0.05, 0) is 11.3 Å². The summed E-state index contributed by atoms with van der Waals surface area (Å²) in [6.07, 6.45) is -0.468. The second kappa shape index (κ2) is 1.32. The Labute approximate surface area is 54.8 Å². The molecule has 52 valence electrons. The Bertz CT molecular complexity index is 142. The van der Waals surface area contributed by atoms with Gasteiger partial charge in [-0.1, -0.05) is 13.8 Å². The molecule has 1 saturated heterocycles. The Kier molecular flexibility index (Phi) is 0.837. The normalized spacial score (nSPS) is 53.0. The SMILES string of the molecule is CC1(C)[C@@H]2[C@@H](O)OC[C@@H]21. The van der Waals surface area contributed by atoms with Crippen LogP contribution in [0.1, 0.15) is 13.8 Å². The van der Waals surface area contributed by atoms with Crippen molar-refractivity contribution in [3.8, 4) is 0 Å². The van der Waals surface area contributed by atoms with E-state index >= 15 is 0 Å². The van der Waals surface area contributed by atoms with Gasteiger partial charge in [0.25, 0.3) is 0 Å². The highest BCUT2D eigenvalue weighted by molar-refractivity contribution is 5.09. The van der Waals surface area contributed by atoms with E-state index in [1.807, 2.05) is 0 Å². The number of aliphatic hydroxyl groups is 1. The van der Waals surface area contributed by atoms with E-state index in [9.17, 15) is 0 Å². The van der Waals surface area contributed by atoms with Gasteiger partial charge in [0.2, 0.25) is 0 Å². The van der Waals surface area contributed by atoms with Crippen molar-refractivity contribution in [3.63, 3.8) is 0 Å². The van der Waals surface area contributed by atoms with E-state index in [0.29, 0.717) is 17.3 Å². The summed E-state index contributed by atoms with van der Waals surface area (Å²) in [6.45, 7) is 5.14. The van der Waals surface area contributed by atoms with Crippen LogP contribution in [0, 0.1) is 17.3 Å². The topological polar surface area (TPSA) is 29.5 Å². The molecule has 2 aliphatic rings. The van der Waals surface area contributed by atoms with Crippen LogP contribution in [0.25, 0.3) is 0 Å². The molecule has 1 heterocycles. The lowest BCUT2D eigenvalue weighted by atomic mass is 10.1. The van der Waals surface area contributed by atoms with Gasteiger partial charge in [0.1, 0.15) is 0 Å². The molecule has 2 heteroatoms. The van der Waals surface area contributed by atoms with Gasteiger partial charge in [0.05, 0.1) is 6.61 Å². The van der Waals surface area contributed by atoms with E-state index in [2.05, 4.69) is 13.8 Å². The molecule has 2 fully saturated rings. The minimum Gasteiger partial charge on any atom is -0.368 e. The van der Waals surface area contributed by atoms with Crippen LogP contribution in [-0.4, -0.2) is 18.0 Å². The van der Waals surface area contributed by atoms with Crippen molar-refractivity contribution >= 4 is 0 Å². The molecule has 0 bridgehead atoms. The Hall–Kier alpha value is -0.0800. The molecule has 3 atom stereocenters. The zero-order chi connectivity index (χ0) is 6.65. The van der Waals surface area contributed by atoms with E-state index in [1.54, 1.807) is 0 Å².